The second kappa shape index (κ2) is 9.08. The summed E-state index contributed by atoms with van der Waals surface area (Å²) >= 11 is 6.10. The van der Waals surface area contributed by atoms with Gasteiger partial charge in [-0.2, -0.15) is 0 Å². The van der Waals surface area contributed by atoms with Crippen LogP contribution in [0.5, 0.6) is 5.75 Å². The predicted octanol–water partition coefficient (Wildman–Crippen LogP) is 3.98. The molecule has 2 aromatic carbocycles. The molecule has 4 rings (SSSR count). The summed E-state index contributed by atoms with van der Waals surface area (Å²) in [6, 6.07) is 15.8. The van der Waals surface area contributed by atoms with E-state index in [1.165, 1.54) is 12.1 Å². The quantitative estimate of drug-likeness (QED) is 0.561. The van der Waals surface area contributed by atoms with Crippen molar-refractivity contribution in [3.63, 3.8) is 0 Å². The fraction of sp³-hybridized carbons (Fsp3) is 0.333. The summed E-state index contributed by atoms with van der Waals surface area (Å²) in [6.07, 6.45) is 2.32. The van der Waals surface area contributed by atoms with E-state index in [0.717, 1.165) is 55.5 Å². The normalized spacial score (nSPS) is 15.0. The first kappa shape index (κ1) is 18.8. The second-order valence-corrected chi connectivity index (χ2v) is 7.22. The van der Waals surface area contributed by atoms with Gasteiger partial charge in [0.1, 0.15) is 5.75 Å². The molecule has 2 heterocycles. The van der Waals surface area contributed by atoms with E-state index in [1.54, 1.807) is 0 Å². The van der Waals surface area contributed by atoms with E-state index in [0.29, 0.717) is 12.5 Å². The van der Waals surface area contributed by atoms with Gasteiger partial charge in [-0.25, -0.2) is 0 Å². The lowest BCUT2D eigenvalue weighted by Gasteiger charge is -2.36. The van der Waals surface area contributed by atoms with Crippen LogP contribution in [0.4, 0.5) is 5.69 Å². The molecule has 1 saturated heterocycles. The summed E-state index contributed by atoms with van der Waals surface area (Å²) in [5.74, 6) is 1.32. The Kier molecular flexibility index (Phi) is 6.09. The van der Waals surface area contributed by atoms with Crippen molar-refractivity contribution >= 4 is 17.3 Å². The van der Waals surface area contributed by atoms with E-state index < -0.39 is 0 Å². The van der Waals surface area contributed by atoms with Gasteiger partial charge in [0.25, 0.3) is 0 Å². The molecule has 0 spiro atoms. The maximum atomic E-state index is 6.10. The highest BCUT2D eigenvalue weighted by atomic mass is 35.5. The van der Waals surface area contributed by atoms with Crippen LogP contribution >= 0.6 is 11.6 Å². The van der Waals surface area contributed by atoms with E-state index in [2.05, 4.69) is 26.1 Å². The van der Waals surface area contributed by atoms with Crippen LogP contribution in [0, 0.1) is 0 Å². The molecule has 6 nitrogen and oxygen atoms in total. The molecule has 1 aromatic heterocycles. The van der Waals surface area contributed by atoms with Gasteiger partial charge in [-0.3, -0.25) is 4.90 Å². The van der Waals surface area contributed by atoms with Gasteiger partial charge in [0, 0.05) is 49.0 Å². The maximum Gasteiger partial charge on any atom is 0.247 e. The molecule has 7 heteroatoms. The molecule has 0 radical (unpaired) electrons. The Morgan fingerprint density at radius 1 is 1.04 bits per heavy atom. The van der Waals surface area contributed by atoms with Crippen LogP contribution in [0.2, 0.25) is 5.02 Å². The van der Waals surface area contributed by atoms with Gasteiger partial charge in [-0.15, -0.1) is 10.2 Å². The Morgan fingerprint density at radius 3 is 2.68 bits per heavy atom. The lowest BCUT2D eigenvalue weighted by Crippen LogP contribution is -2.46. The van der Waals surface area contributed by atoms with Crippen molar-refractivity contribution in [3.05, 3.63) is 59.9 Å². The summed E-state index contributed by atoms with van der Waals surface area (Å²) in [5, 5.41) is 8.43. The zero-order valence-corrected chi connectivity index (χ0v) is 16.4. The lowest BCUT2D eigenvalue weighted by atomic mass is 10.2. The fourth-order valence-electron chi connectivity index (χ4n) is 3.40. The molecule has 0 atom stereocenters. The number of hydrogen-bond acceptors (Lipinski definition) is 6. The molecule has 28 heavy (non-hydrogen) atoms. The first-order valence-electron chi connectivity index (χ1n) is 9.50. The van der Waals surface area contributed by atoms with E-state index in [-0.39, 0.29) is 0 Å². The van der Waals surface area contributed by atoms with Crippen LogP contribution < -0.4 is 9.64 Å². The summed E-state index contributed by atoms with van der Waals surface area (Å²) in [6.45, 7) is 5.87. The minimum atomic E-state index is 0.503. The molecule has 146 valence electrons. The number of anilines is 1. The Morgan fingerprint density at radius 2 is 1.89 bits per heavy atom. The van der Waals surface area contributed by atoms with Crippen molar-refractivity contribution in [1.82, 2.24) is 15.1 Å². The summed E-state index contributed by atoms with van der Waals surface area (Å²) in [4.78, 5) is 4.88. The Balaban J connectivity index is 1.19. The molecule has 1 aliphatic rings. The molecular weight excluding hydrogens is 376 g/mol. The second-order valence-electron chi connectivity index (χ2n) is 6.78. The van der Waals surface area contributed by atoms with Crippen LogP contribution in [-0.2, 0) is 0 Å². The molecule has 0 N–H and O–H groups in total. The van der Waals surface area contributed by atoms with Gasteiger partial charge < -0.3 is 14.1 Å². The smallest absolute Gasteiger partial charge is 0.247 e. The van der Waals surface area contributed by atoms with Crippen molar-refractivity contribution in [1.29, 1.82) is 0 Å². The Hall–Kier alpha value is -2.57. The van der Waals surface area contributed by atoms with E-state index in [9.17, 15) is 0 Å². The van der Waals surface area contributed by atoms with Gasteiger partial charge in [-0.1, -0.05) is 23.7 Å². The minimum absolute atomic E-state index is 0.503. The van der Waals surface area contributed by atoms with Crippen LogP contribution in [-0.4, -0.2) is 54.4 Å². The first-order chi connectivity index (χ1) is 13.8. The van der Waals surface area contributed by atoms with Crippen molar-refractivity contribution in [2.75, 3.05) is 44.2 Å². The van der Waals surface area contributed by atoms with Crippen LogP contribution in [0.3, 0.4) is 0 Å². The van der Waals surface area contributed by atoms with Crippen molar-refractivity contribution < 1.29 is 9.15 Å². The lowest BCUT2D eigenvalue weighted by molar-refractivity contribution is 0.225. The summed E-state index contributed by atoms with van der Waals surface area (Å²) in [7, 11) is 0. The fourth-order valence-corrected chi connectivity index (χ4v) is 3.58. The molecule has 0 amide bonds. The Bertz CT molecular complexity index is 880. The van der Waals surface area contributed by atoms with E-state index in [4.69, 9.17) is 20.8 Å². The van der Waals surface area contributed by atoms with Crippen molar-refractivity contribution in [3.8, 4) is 17.2 Å². The largest absolute Gasteiger partial charge is 0.494 e. The molecular formula is C21H23ClN4O2. The number of benzene rings is 2. The highest BCUT2D eigenvalue weighted by Gasteiger charge is 2.17. The zero-order chi connectivity index (χ0) is 19.2. The third-order valence-electron chi connectivity index (χ3n) is 4.87. The highest BCUT2D eigenvalue weighted by molar-refractivity contribution is 6.30. The van der Waals surface area contributed by atoms with Gasteiger partial charge in [0.15, 0.2) is 0 Å². The van der Waals surface area contributed by atoms with Gasteiger partial charge >= 0.3 is 0 Å². The highest BCUT2D eigenvalue weighted by Crippen LogP contribution is 2.22. The van der Waals surface area contributed by atoms with E-state index >= 15 is 0 Å². The average Bonchev–Trinajstić information content (AvgIpc) is 3.27. The number of hydrogen-bond donors (Lipinski definition) is 0. The first-order valence-corrected chi connectivity index (χ1v) is 9.88. The summed E-state index contributed by atoms with van der Waals surface area (Å²) < 4.78 is 11.1. The molecule has 1 aliphatic heterocycles. The van der Waals surface area contributed by atoms with Crippen LogP contribution in [0.15, 0.2) is 59.3 Å². The van der Waals surface area contributed by atoms with E-state index in [1.807, 2.05) is 42.5 Å². The molecule has 0 unspecified atom stereocenters. The standard InChI is InChI=1S/C21H23ClN4O2/c22-18-5-2-6-19(15-18)26-11-9-25(10-12-26)8-3-13-27-20-7-1-4-17(14-20)21-24-23-16-28-21/h1-2,4-7,14-16H,3,8-13H2. The maximum absolute atomic E-state index is 6.10. The molecule has 3 aromatic rings. The van der Waals surface area contributed by atoms with Crippen molar-refractivity contribution in [2.45, 2.75) is 6.42 Å². The monoisotopic (exact) mass is 398 g/mol. The van der Waals surface area contributed by atoms with Crippen LogP contribution in [0.25, 0.3) is 11.5 Å². The number of halogens is 1. The number of piperazine rings is 1. The average molecular weight is 399 g/mol. The summed E-state index contributed by atoms with van der Waals surface area (Å²) in [5.41, 5.74) is 2.07. The molecule has 1 fully saturated rings. The molecule has 0 bridgehead atoms. The molecule has 0 saturated carbocycles. The topological polar surface area (TPSA) is 54.6 Å². The number of ether oxygens (including phenoxy) is 1. The SMILES string of the molecule is Clc1cccc(N2CCN(CCCOc3cccc(-c4nnco4)c3)CC2)c1. The zero-order valence-electron chi connectivity index (χ0n) is 15.6. The van der Waals surface area contributed by atoms with Crippen molar-refractivity contribution in [2.24, 2.45) is 0 Å². The number of rotatable bonds is 7. The van der Waals surface area contributed by atoms with Gasteiger partial charge in [0.05, 0.1) is 6.61 Å². The predicted molar refractivity (Wildman–Crippen MR) is 110 cm³/mol. The molecule has 0 aliphatic carbocycles. The van der Waals surface area contributed by atoms with Gasteiger partial charge in [-0.05, 0) is 42.8 Å². The van der Waals surface area contributed by atoms with Gasteiger partial charge in [0.2, 0.25) is 12.3 Å². The third-order valence-corrected chi connectivity index (χ3v) is 5.11. The minimum Gasteiger partial charge on any atom is -0.494 e. The number of aromatic nitrogens is 2. The third kappa shape index (κ3) is 4.82. The number of nitrogens with zero attached hydrogens (tertiary/aromatic N) is 4. The van der Waals surface area contributed by atoms with Crippen LogP contribution in [0.1, 0.15) is 6.42 Å². The Labute approximate surface area is 169 Å².